The Morgan fingerprint density at radius 2 is 2.05 bits per heavy atom. The van der Waals surface area contributed by atoms with Gasteiger partial charge in [-0.25, -0.2) is 0 Å². The van der Waals surface area contributed by atoms with Gasteiger partial charge in [-0.2, -0.15) is 0 Å². The largest absolute Gasteiger partial charge is 0.496 e. The van der Waals surface area contributed by atoms with E-state index < -0.39 is 0 Å². The first-order valence-electron chi connectivity index (χ1n) is 7.66. The van der Waals surface area contributed by atoms with E-state index >= 15 is 0 Å². The highest BCUT2D eigenvalue weighted by molar-refractivity contribution is 6.30. The summed E-state index contributed by atoms with van der Waals surface area (Å²) < 4.78 is 5.33. The van der Waals surface area contributed by atoms with Crippen molar-refractivity contribution in [2.24, 2.45) is 5.92 Å². The maximum absolute atomic E-state index is 12.4. The molecule has 21 heavy (non-hydrogen) atoms. The Morgan fingerprint density at radius 3 is 2.71 bits per heavy atom. The van der Waals surface area contributed by atoms with Crippen LogP contribution in [-0.4, -0.2) is 25.0 Å². The van der Waals surface area contributed by atoms with Crippen molar-refractivity contribution in [1.82, 2.24) is 4.90 Å². The molecular weight excluding hydrogens is 286 g/mol. The zero-order valence-corrected chi connectivity index (χ0v) is 13.7. The first-order valence-corrected chi connectivity index (χ1v) is 8.04. The van der Waals surface area contributed by atoms with Gasteiger partial charge in [-0.15, -0.1) is 0 Å². The van der Waals surface area contributed by atoms with Gasteiger partial charge in [-0.3, -0.25) is 4.79 Å². The van der Waals surface area contributed by atoms with Gasteiger partial charge in [0.1, 0.15) is 5.75 Å². The Balaban J connectivity index is 1.95. The number of nitrogens with zero attached hydrogens (tertiary/aromatic N) is 1. The molecule has 1 fully saturated rings. The van der Waals surface area contributed by atoms with E-state index in [0.29, 0.717) is 23.9 Å². The Morgan fingerprint density at radius 1 is 1.33 bits per heavy atom. The highest BCUT2D eigenvalue weighted by Crippen LogP contribution is 2.28. The first kappa shape index (κ1) is 16.2. The maximum Gasteiger partial charge on any atom is 0.222 e. The predicted octanol–water partition coefficient (Wildman–Crippen LogP) is 4.28. The second-order valence-electron chi connectivity index (χ2n) is 5.91. The lowest BCUT2D eigenvalue weighted by atomic mass is 9.86. The molecule has 0 radical (unpaired) electrons. The molecular formula is C17H24ClNO2. The van der Waals surface area contributed by atoms with Gasteiger partial charge < -0.3 is 9.64 Å². The minimum atomic E-state index is 0.212. The molecule has 0 saturated heterocycles. The van der Waals surface area contributed by atoms with Crippen molar-refractivity contribution in [2.45, 2.75) is 45.1 Å². The minimum absolute atomic E-state index is 0.212. The normalized spacial score (nSPS) is 15.8. The van der Waals surface area contributed by atoms with Gasteiger partial charge in [0, 0.05) is 30.6 Å². The van der Waals surface area contributed by atoms with Gasteiger partial charge in [0.15, 0.2) is 0 Å². The van der Waals surface area contributed by atoms with Crippen molar-refractivity contribution in [3.63, 3.8) is 0 Å². The third-order valence-electron chi connectivity index (χ3n) is 4.26. The van der Waals surface area contributed by atoms with Gasteiger partial charge in [-0.1, -0.05) is 30.9 Å². The average Bonchev–Trinajstić information content (AvgIpc) is 2.48. The van der Waals surface area contributed by atoms with Crippen molar-refractivity contribution in [2.75, 3.05) is 14.2 Å². The van der Waals surface area contributed by atoms with Crippen LogP contribution in [0.3, 0.4) is 0 Å². The summed E-state index contributed by atoms with van der Waals surface area (Å²) in [6, 6.07) is 5.51. The number of ether oxygens (including phenoxy) is 1. The first-order chi connectivity index (χ1) is 10.1. The molecule has 1 aliphatic rings. The van der Waals surface area contributed by atoms with Crippen molar-refractivity contribution in [3.8, 4) is 5.75 Å². The number of methoxy groups -OCH3 is 1. The molecule has 0 spiro atoms. The SMILES string of the molecule is COc1ccc(Cl)cc1CN(C)C(=O)CC1CCCCC1. The van der Waals surface area contributed by atoms with Crippen molar-refractivity contribution < 1.29 is 9.53 Å². The molecule has 1 aromatic carbocycles. The van der Waals surface area contributed by atoms with E-state index in [-0.39, 0.29) is 5.91 Å². The molecule has 116 valence electrons. The fraction of sp³-hybridized carbons (Fsp3) is 0.588. The molecule has 1 amide bonds. The summed E-state index contributed by atoms with van der Waals surface area (Å²) >= 11 is 6.03. The van der Waals surface area contributed by atoms with Gasteiger partial charge >= 0.3 is 0 Å². The molecule has 4 heteroatoms. The third kappa shape index (κ3) is 4.63. The lowest BCUT2D eigenvalue weighted by Crippen LogP contribution is -2.28. The van der Waals surface area contributed by atoms with Crippen molar-refractivity contribution in [3.05, 3.63) is 28.8 Å². The van der Waals surface area contributed by atoms with Crippen LogP contribution in [0.2, 0.25) is 5.02 Å². The summed E-state index contributed by atoms with van der Waals surface area (Å²) in [5.41, 5.74) is 0.949. The van der Waals surface area contributed by atoms with Crippen LogP contribution in [-0.2, 0) is 11.3 Å². The Bertz CT molecular complexity index is 484. The molecule has 3 nitrogen and oxygen atoms in total. The second-order valence-corrected chi connectivity index (χ2v) is 6.35. The number of benzene rings is 1. The molecule has 0 aliphatic heterocycles. The van der Waals surface area contributed by atoms with E-state index in [1.165, 1.54) is 32.1 Å². The number of carbonyl (C=O) groups excluding carboxylic acids is 1. The second kappa shape index (κ2) is 7.69. The summed E-state index contributed by atoms with van der Waals surface area (Å²) in [7, 11) is 3.49. The lowest BCUT2D eigenvalue weighted by molar-refractivity contribution is -0.131. The van der Waals surface area contributed by atoms with Crippen molar-refractivity contribution >= 4 is 17.5 Å². The number of hydrogen-bond acceptors (Lipinski definition) is 2. The molecule has 1 saturated carbocycles. The fourth-order valence-electron chi connectivity index (χ4n) is 3.01. The Labute approximate surface area is 132 Å². The van der Waals surface area contributed by atoms with Crippen LogP contribution >= 0.6 is 11.6 Å². The highest BCUT2D eigenvalue weighted by atomic mass is 35.5. The zero-order valence-electron chi connectivity index (χ0n) is 12.9. The Kier molecular flexibility index (Phi) is 5.92. The van der Waals surface area contributed by atoms with Crippen LogP contribution in [0.15, 0.2) is 18.2 Å². The minimum Gasteiger partial charge on any atom is -0.496 e. The van der Waals surface area contributed by atoms with Crippen molar-refractivity contribution in [1.29, 1.82) is 0 Å². The van der Waals surface area contributed by atoms with Gasteiger partial charge in [0.25, 0.3) is 0 Å². The number of halogens is 1. The number of amides is 1. The van der Waals surface area contributed by atoms with Gasteiger partial charge in [0.2, 0.25) is 5.91 Å². The van der Waals surface area contributed by atoms with Crippen LogP contribution in [0, 0.1) is 5.92 Å². The summed E-state index contributed by atoms with van der Waals surface area (Å²) in [6.45, 7) is 0.537. The van der Waals surface area contributed by atoms with Crippen LogP contribution in [0.4, 0.5) is 0 Å². The summed E-state index contributed by atoms with van der Waals surface area (Å²) in [5.74, 6) is 1.55. The summed E-state index contributed by atoms with van der Waals surface area (Å²) in [5, 5.41) is 0.666. The fourth-order valence-corrected chi connectivity index (χ4v) is 3.20. The van der Waals surface area contributed by atoms with Crippen LogP contribution in [0.25, 0.3) is 0 Å². The third-order valence-corrected chi connectivity index (χ3v) is 4.50. The highest BCUT2D eigenvalue weighted by Gasteiger charge is 2.20. The van der Waals surface area contributed by atoms with E-state index in [1.54, 1.807) is 18.1 Å². The van der Waals surface area contributed by atoms with Crippen LogP contribution in [0.5, 0.6) is 5.75 Å². The molecule has 0 unspecified atom stereocenters. The van der Waals surface area contributed by atoms with Gasteiger partial charge in [0.05, 0.1) is 7.11 Å². The molecule has 0 atom stereocenters. The van der Waals surface area contributed by atoms with E-state index in [2.05, 4.69) is 0 Å². The van der Waals surface area contributed by atoms with E-state index in [9.17, 15) is 4.79 Å². The zero-order chi connectivity index (χ0) is 15.2. The van der Waals surface area contributed by atoms with E-state index in [0.717, 1.165) is 11.3 Å². The molecule has 0 bridgehead atoms. The predicted molar refractivity (Wildman–Crippen MR) is 85.7 cm³/mol. The quantitative estimate of drug-likeness (QED) is 0.812. The molecule has 1 aliphatic carbocycles. The van der Waals surface area contributed by atoms with Gasteiger partial charge in [-0.05, 0) is 37.0 Å². The lowest BCUT2D eigenvalue weighted by Gasteiger charge is -2.24. The molecule has 0 aromatic heterocycles. The summed E-state index contributed by atoms with van der Waals surface area (Å²) in [4.78, 5) is 14.1. The molecule has 0 heterocycles. The molecule has 0 N–H and O–H groups in total. The van der Waals surface area contributed by atoms with Crippen LogP contribution < -0.4 is 4.74 Å². The monoisotopic (exact) mass is 309 g/mol. The topological polar surface area (TPSA) is 29.5 Å². The van der Waals surface area contributed by atoms with Crippen LogP contribution in [0.1, 0.15) is 44.1 Å². The number of rotatable bonds is 5. The number of hydrogen-bond donors (Lipinski definition) is 0. The van der Waals surface area contributed by atoms with E-state index in [4.69, 9.17) is 16.3 Å². The smallest absolute Gasteiger partial charge is 0.222 e. The van der Waals surface area contributed by atoms with E-state index in [1.807, 2.05) is 19.2 Å². The summed E-state index contributed by atoms with van der Waals surface area (Å²) in [6.07, 6.45) is 6.91. The molecule has 1 aromatic rings. The Hall–Kier alpha value is -1.22. The maximum atomic E-state index is 12.4. The number of carbonyl (C=O) groups is 1. The average molecular weight is 310 g/mol. The molecule has 2 rings (SSSR count). The standard InChI is InChI=1S/C17H24ClNO2/c1-19(17(20)10-13-6-4-3-5-7-13)12-14-11-15(18)8-9-16(14)21-2/h8-9,11,13H,3-7,10,12H2,1-2H3.